The van der Waals surface area contributed by atoms with E-state index in [1.165, 1.54) is 36.3 Å². The number of hydrogen-bond acceptors (Lipinski definition) is 5. The van der Waals surface area contributed by atoms with Crippen LogP contribution in [0.15, 0.2) is 54.6 Å². The summed E-state index contributed by atoms with van der Waals surface area (Å²) in [6.45, 7) is 0. The number of non-ortho nitro benzene ring substituents is 1. The molecule has 0 saturated heterocycles. The summed E-state index contributed by atoms with van der Waals surface area (Å²) in [7, 11) is 3.09. The standard InChI is InChI=1S/C18H15N3O4/c1-20(13-7-9-14(10-8-13)21(23)24)18(22)16-11-12-5-3-4-6-15(12)17(19-16)25-2/h3-11H,1-2H3. The first-order valence-corrected chi connectivity index (χ1v) is 7.47. The number of methoxy groups -OCH3 is 1. The summed E-state index contributed by atoms with van der Waals surface area (Å²) in [6, 6.07) is 14.9. The molecule has 3 rings (SSSR count). The van der Waals surface area contributed by atoms with Gasteiger partial charge in [0.1, 0.15) is 5.69 Å². The molecule has 0 aliphatic rings. The van der Waals surface area contributed by atoms with Crippen LogP contribution in [-0.4, -0.2) is 30.0 Å². The highest BCUT2D eigenvalue weighted by Gasteiger charge is 2.18. The highest BCUT2D eigenvalue weighted by atomic mass is 16.6. The summed E-state index contributed by atoms with van der Waals surface area (Å²) in [6.07, 6.45) is 0. The molecule has 1 aromatic heterocycles. The van der Waals surface area contributed by atoms with Crippen LogP contribution in [0.3, 0.4) is 0 Å². The molecule has 1 heterocycles. The number of rotatable bonds is 4. The van der Waals surface area contributed by atoms with Crippen LogP contribution in [0.4, 0.5) is 11.4 Å². The van der Waals surface area contributed by atoms with Crippen molar-refractivity contribution in [3.05, 3.63) is 70.4 Å². The molecular weight excluding hydrogens is 322 g/mol. The zero-order valence-corrected chi connectivity index (χ0v) is 13.7. The molecule has 25 heavy (non-hydrogen) atoms. The lowest BCUT2D eigenvalue weighted by Gasteiger charge is -2.17. The van der Waals surface area contributed by atoms with Crippen molar-refractivity contribution in [2.24, 2.45) is 0 Å². The third-order valence-electron chi connectivity index (χ3n) is 3.87. The van der Waals surface area contributed by atoms with E-state index in [0.717, 1.165) is 10.8 Å². The third kappa shape index (κ3) is 3.12. The summed E-state index contributed by atoms with van der Waals surface area (Å²) in [5.74, 6) is 0.0384. The normalized spacial score (nSPS) is 10.5. The molecule has 0 N–H and O–H groups in total. The Kier molecular flexibility index (Phi) is 4.30. The topological polar surface area (TPSA) is 85.6 Å². The SMILES string of the molecule is COc1nc(C(=O)N(C)c2ccc([N+](=O)[O-])cc2)cc2ccccc12. The van der Waals surface area contributed by atoms with Gasteiger partial charge in [-0.15, -0.1) is 0 Å². The van der Waals surface area contributed by atoms with E-state index in [9.17, 15) is 14.9 Å². The number of nitro benzene ring substituents is 1. The quantitative estimate of drug-likeness (QED) is 0.538. The Labute approximate surface area is 143 Å². The van der Waals surface area contributed by atoms with Gasteiger partial charge in [0.15, 0.2) is 0 Å². The fraction of sp³-hybridized carbons (Fsp3) is 0.111. The fourth-order valence-electron chi connectivity index (χ4n) is 2.52. The molecule has 0 fully saturated rings. The maximum Gasteiger partial charge on any atom is 0.276 e. The molecule has 0 saturated carbocycles. The summed E-state index contributed by atoms with van der Waals surface area (Å²) in [5, 5.41) is 12.4. The van der Waals surface area contributed by atoms with Gasteiger partial charge in [-0.1, -0.05) is 18.2 Å². The van der Waals surface area contributed by atoms with Gasteiger partial charge in [0.25, 0.3) is 11.6 Å². The van der Waals surface area contributed by atoms with Crippen LogP contribution in [-0.2, 0) is 0 Å². The van der Waals surface area contributed by atoms with Crippen molar-refractivity contribution >= 4 is 28.1 Å². The Balaban J connectivity index is 1.96. The fourth-order valence-corrected chi connectivity index (χ4v) is 2.52. The number of nitro groups is 1. The van der Waals surface area contributed by atoms with Gasteiger partial charge in [0, 0.05) is 30.3 Å². The summed E-state index contributed by atoms with van der Waals surface area (Å²) in [5.41, 5.74) is 0.732. The minimum atomic E-state index is -0.485. The largest absolute Gasteiger partial charge is 0.481 e. The number of ether oxygens (including phenoxy) is 1. The Hall–Kier alpha value is -3.48. The van der Waals surface area contributed by atoms with Crippen LogP contribution >= 0.6 is 0 Å². The lowest BCUT2D eigenvalue weighted by molar-refractivity contribution is -0.384. The molecule has 0 radical (unpaired) electrons. The number of hydrogen-bond donors (Lipinski definition) is 0. The molecule has 0 bridgehead atoms. The van der Waals surface area contributed by atoms with E-state index in [-0.39, 0.29) is 17.3 Å². The first-order chi connectivity index (χ1) is 12.0. The summed E-state index contributed by atoms with van der Waals surface area (Å²) in [4.78, 5) is 28.7. The van der Waals surface area contributed by atoms with Crippen molar-refractivity contribution in [2.45, 2.75) is 0 Å². The van der Waals surface area contributed by atoms with Crippen molar-refractivity contribution in [1.29, 1.82) is 0 Å². The highest BCUT2D eigenvalue weighted by molar-refractivity contribution is 6.06. The van der Waals surface area contributed by atoms with Crippen LogP contribution in [0.5, 0.6) is 5.88 Å². The molecule has 0 spiro atoms. The van der Waals surface area contributed by atoms with E-state index in [4.69, 9.17) is 4.74 Å². The smallest absolute Gasteiger partial charge is 0.276 e. The van der Waals surface area contributed by atoms with Crippen molar-refractivity contribution in [3.63, 3.8) is 0 Å². The number of nitrogens with zero attached hydrogens (tertiary/aromatic N) is 3. The average Bonchev–Trinajstić information content (AvgIpc) is 2.65. The first-order valence-electron chi connectivity index (χ1n) is 7.47. The van der Waals surface area contributed by atoms with Gasteiger partial charge in [0.05, 0.1) is 12.0 Å². The number of anilines is 1. The Morgan fingerprint density at radius 1 is 1.16 bits per heavy atom. The van der Waals surface area contributed by atoms with Crippen LogP contribution in [0.2, 0.25) is 0 Å². The van der Waals surface area contributed by atoms with Crippen molar-refractivity contribution < 1.29 is 14.5 Å². The van der Waals surface area contributed by atoms with Gasteiger partial charge in [-0.2, -0.15) is 0 Å². The zero-order chi connectivity index (χ0) is 18.0. The average molecular weight is 337 g/mol. The van der Waals surface area contributed by atoms with Gasteiger partial charge in [-0.3, -0.25) is 14.9 Å². The van der Waals surface area contributed by atoms with Gasteiger partial charge in [0.2, 0.25) is 5.88 Å². The Morgan fingerprint density at radius 2 is 1.84 bits per heavy atom. The maximum absolute atomic E-state index is 12.7. The van der Waals surface area contributed by atoms with Crippen molar-refractivity contribution in [3.8, 4) is 5.88 Å². The van der Waals surface area contributed by atoms with E-state index >= 15 is 0 Å². The van der Waals surface area contributed by atoms with Crippen LogP contribution < -0.4 is 9.64 Å². The maximum atomic E-state index is 12.7. The van der Waals surface area contributed by atoms with Crippen molar-refractivity contribution in [1.82, 2.24) is 4.98 Å². The lowest BCUT2D eigenvalue weighted by atomic mass is 10.1. The number of amides is 1. The van der Waals surface area contributed by atoms with Gasteiger partial charge >= 0.3 is 0 Å². The van der Waals surface area contributed by atoms with Gasteiger partial charge < -0.3 is 9.64 Å². The molecule has 2 aromatic carbocycles. The van der Waals surface area contributed by atoms with Crippen LogP contribution in [0.25, 0.3) is 10.8 Å². The molecule has 3 aromatic rings. The number of carbonyl (C=O) groups excluding carboxylic acids is 1. The van der Waals surface area contributed by atoms with Crippen molar-refractivity contribution in [2.75, 3.05) is 19.1 Å². The third-order valence-corrected chi connectivity index (χ3v) is 3.87. The van der Waals surface area contributed by atoms with Gasteiger partial charge in [-0.05, 0) is 29.7 Å². The molecule has 7 nitrogen and oxygen atoms in total. The molecule has 0 aliphatic heterocycles. The van der Waals surface area contributed by atoms with E-state index in [2.05, 4.69) is 4.98 Å². The van der Waals surface area contributed by atoms with Crippen LogP contribution in [0.1, 0.15) is 10.5 Å². The summed E-state index contributed by atoms with van der Waals surface area (Å²) < 4.78 is 5.29. The number of pyridine rings is 1. The number of fused-ring (bicyclic) bond motifs is 1. The minimum Gasteiger partial charge on any atom is -0.481 e. The van der Waals surface area contributed by atoms with Crippen LogP contribution in [0, 0.1) is 10.1 Å². The molecule has 1 amide bonds. The monoisotopic (exact) mass is 337 g/mol. The first kappa shape index (κ1) is 16.4. The second-order valence-electron chi connectivity index (χ2n) is 5.38. The summed E-state index contributed by atoms with van der Waals surface area (Å²) >= 11 is 0. The van der Waals surface area contributed by atoms with E-state index in [1.807, 2.05) is 24.3 Å². The van der Waals surface area contributed by atoms with E-state index in [1.54, 1.807) is 13.1 Å². The zero-order valence-electron chi connectivity index (χ0n) is 13.7. The van der Waals surface area contributed by atoms with E-state index < -0.39 is 4.92 Å². The molecule has 126 valence electrons. The Morgan fingerprint density at radius 3 is 2.48 bits per heavy atom. The minimum absolute atomic E-state index is 0.0323. The number of aromatic nitrogens is 1. The van der Waals surface area contributed by atoms with Gasteiger partial charge in [-0.25, -0.2) is 4.98 Å². The molecule has 0 atom stereocenters. The molecule has 7 heteroatoms. The Bertz CT molecular complexity index is 954. The lowest BCUT2D eigenvalue weighted by Crippen LogP contribution is -2.27. The second-order valence-corrected chi connectivity index (χ2v) is 5.38. The number of benzene rings is 2. The molecular formula is C18H15N3O4. The second kappa shape index (κ2) is 6.56. The predicted molar refractivity (Wildman–Crippen MR) is 94.1 cm³/mol. The molecule has 0 aliphatic carbocycles. The molecule has 0 unspecified atom stereocenters. The highest BCUT2D eigenvalue weighted by Crippen LogP contribution is 2.26. The number of carbonyl (C=O) groups is 1. The van der Waals surface area contributed by atoms with E-state index in [0.29, 0.717) is 11.6 Å². The predicted octanol–water partition coefficient (Wildman–Crippen LogP) is 3.43.